The minimum absolute atomic E-state index is 0. The summed E-state index contributed by atoms with van der Waals surface area (Å²) in [6, 6.07) is 0. The number of hydrogen-bond donors (Lipinski definition) is 0. The molecule has 0 spiro atoms. The van der Waals surface area contributed by atoms with Gasteiger partial charge in [-0.05, 0) is 39.0 Å². The maximum absolute atomic E-state index is 10.3. The van der Waals surface area contributed by atoms with E-state index in [1.54, 1.807) is 20.8 Å². The van der Waals surface area contributed by atoms with Crippen LogP contribution in [-0.4, -0.2) is 55.6 Å². The van der Waals surface area contributed by atoms with Crippen molar-refractivity contribution in [3.05, 3.63) is 36.5 Å². The fourth-order valence-electron chi connectivity index (χ4n) is 0.979. The monoisotopic (exact) mass is 587 g/mol. The fourth-order valence-corrected chi connectivity index (χ4v) is 0.979. The molecule has 173 valence electrons. The van der Waals surface area contributed by atoms with Crippen LogP contribution in [0.2, 0.25) is 0 Å². The Balaban J connectivity index is -0.000000174. The van der Waals surface area contributed by atoms with Crippen LogP contribution < -0.4 is 15.3 Å². The molecule has 0 aromatic carbocycles. The van der Waals surface area contributed by atoms with E-state index in [-0.39, 0.29) is 59.8 Å². The minimum Gasteiger partial charge on any atom is -0.545 e. The van der Waals surface area contributed by atoms with Crippen LogP contribution in [0.1, 0.15) is 20.8 Å². The maximum Gasteiger partial charge on any atom is 3.00 e. The van der Waals surface area contributed by atoms with Crippen molar-refractivity contribution < 1.29 is 98.2 Å². The van der Waals surface area contributed by atoms with Gasteiger partial charge in [-0.15, -0.1) is 0 Å². The van der Waals surface area contributed by atoms with Crippen LogP contribution in [0, 0.1) is 39.9 Å². The molecule has 0 rings (SSSR count). The first kappa shape index (κ1) is 35.8. The van der Waals surface area contributed by atoms with Crippen molar-refractivity contribution in [3.8, 4) is 0 Å². The predicted octanol–water partition coefficient (Wildman–Crippen LogP) is -3.43. The molecule has 0 aliphatic heterocycles. The number of esters is 3. The Morgan fingerprint density at radius 2 is 0.710 bits per heavy atom. The number of hydrogen-bond acceptors (Lipinski definition) is 12. The summed E-state index contributed by atoms with van der Waals surface area (Å²) in [5.74, 6) is -6.25. The number of carbonyl (C=O) groups is 6. The molecular formula is C18H21GdO12. The smallest absolute Gasteiger partial charge is 0.545 e. The molecule has 13 heteroatoms. The van der Waals surface area contributed by atoms with E-state index < -0.39 is 35.8 Å². The molecular weight excluding hydrogens is 565 g/mol. The summed E-state index contributed by atoms with van der Waals surface area (Å²) >= 11 is 0. The Morgan fingerprint density at radius 1 is 0.516 bits per heavy atom. The normalized spacial score (nSPS) is 9.39. The van der Waals surface area contributed by atoms with E-state index >= 15 is 0 Å². The molecule has 0 bridgehead atoms. The quantitative estimate of drug-likeness (QED) is 0.147. The van der Waals surface area contributed by atoms with Crippen LogP contribution in [0.15, 0.2) is 36.5 Å². The van der Waals surface area contributed by atoms with Gasteiger partial charge in [-0.25, -0.2) is 14.4 Å². The van der Waals surface area contributed by atoms with Crippen molar-refractivity contribution in [1.29, 1.82) is 0 Å². The van der Waals surface area contributed by atoms with Crippen molar-refractivity contribution >= 4 is 35.8 Å². The average molecular weight is 587 g/mol. The number of carboxylic acid groups (broad SMARTS) is 3. The van der Waals surface area contributed by atoms with Crippen molar-refractivity contribution in [2.24, 2.45) is 0 Å². The standard InChI is InChI=1S/3C6H8O4.Gd/c3*1-2-10-6(9)4-3-5(7)8;/h3*3-4H,2H2,1H3,(H,7,8);/q;;;+3/p-3/b3*4-3-;. The first-order valence-electron chi connectivity index (χ1n) is 8.17. The fraction of sp³-hybridized carbons (Fsp3) is 0.333. The van der Waals surface area contributed by atoms with Gasteiger partial charge >= 0.3 is 57.8 Å². The topological polar surface area (TPSA) is 199 Å². The Bertz CT molecular complexity index is 574. The molecule has 0 amide bonds. The number of rotatable bonds is 9. The molecule has 0 aliphatic rings. The third-order valence-corrected chi connectivity index (χ3v) is 1.93. The van der Waals surface area contributed by atoms with Gasteiger partial charge in [-0.1, -0.05) is 0 Å². The zero-order valence-corrected chi connectivity index (χ0v) is 19.1. The van der Waals surface area contributed by atoms with Gasteiger partial charge in [0.05, 0.1) is 37.7 Å². The van der Waals surface area contributed by atoms with E-state index in [0.717, 1.165) is 18.2 Å². The summed E-state index contributed by atoms with van der Waals surface area (Å²) < 4.78 is 13.1. The Hall–Kier alpha value is -2.64. The first-order chi connectivity index (χ1) is 14.0. The van der Waals surface area contributed by atoms with E-state index in [0.29, 0.717) is 18.2 Å². The van der Waals surface area contributed by atoms with E-state index in [2.05, 4.69) is 14.2 Å². The van der Waals surface area contributed by atoms with Crippen LogP contribution in [-0.2, 0) is 43.0 Å². The summed E-state index contributed by atoms with van der Waals surface area (Å²) in [7, 11) is 0. The van der Waals surface area contributed by atoms with Crippen molar-refractivity contribution in [1.82, 2.24) is 0 Å². The third-order valence-electron chi connectivity index (χ3n) is 1.93. The first-order valence-corrected chi connectivity index (χ1v) is 8.17. The SMILES string of the molecule is CCOC(=O)/C=C\C(=O)[O-].CCOC(=O)/C=C\C(=O)[O-].CCOC(=O)/C=C\C(=O)[O-].[Gd+3]. The molecule has 0 aliphatic carbocycles. The molecule has 0 unspecified atom stereocenters. The second-order valence-corrected chi connectivity index (χ2v) is 4.21. The molecule has 1 radical (unpaired) electrons. The Kier molecular flexibility index (Phi) is 29.3. The summed E-state index contributed by atoms with van der Waals surface area (Å²) in [6.45, 7) is 5.59. The maximum atomic E-state index is 10.3. The zero-order valence-electron chi connectivity index (χ0n) is 16.8. The summed E-state index contributed by atoms with van der Waals surface area (Å²) in [5, 5.41) is 29.1. The summed E-state index contributed by atoms with van der Waals surface area (Å²) in [4.78, 5) is 60.1. The van der Waals surface area contributed by atoms with Gasteiger partial charge < -0.3 is 43.9 Å². The molecule has 0 N–H and O–H groups in total. The molecule has 0 aromatic heterocycles. The molecule has 0 saturated carbocycles. The average Bonchev–Trinajstić information content (AvgIpc) is 2.65. The largest absolute Gasteiger partial charge is 3.00 e. The van der Waals surface area contributed by atoms with Crippen LogP contribution in [0.3, 0.4) is 0 Å². The van der Waals surface area contributed by atoms with E-state index in [4.69, 9.17) is 0 Å². The van der Waals surface area contributed by atoms with E-state index in [9.17, 15) is 44.1 Å². The molecule has 0 fully saturated rings. The molecule has 0 atom stereocenters. The van der Waals surface area contributed by atoms with E-state index in [1.165, 1.54) is 0 Å². The number of ether oxygens (including phenoxy) is 3. The van der Waals surface area contributed by atoms with Gasteiger partial charge in [0.1, 0.15) is 0 Å². The van der Waals surface area contributed by atoms with Gasteiger partial charge in [-0.2, -0.15) is 0 Å². The van der Waals surface area contributed by atoms with Gasteiger partial charge in [0.15, 0.2) is 0 Å². The second-order valence-electron chi connectivity index (χ2n) is 4.21. The number of carboxylic acids is 3. The van der Waals surface area contributed by atoms with Crippen LogP contribution >= 0.6 is 0 Å². The minimum atomic E-state index is -1.41. The third kappa shape index (κ3) is 38.6. The summed E-state index contributed by atoms with van der Waals surface area (Å²) in [6.07, 6.45) is 4.28. The van der Waals surface area contributed by atoms with Gasteiger partial charge in [0.25, 0.3) is 0 Å². The van der Waals surface area contributed by atoms with Crippen LogP contribution in [0.25, 0.3) is 0 Å². The van der Waals surface area contributed by atoms with Crippen molar-refractivity contribution in [2.75, 3.05) is 19.8 Å². The number of aliphatic carboxylic acids is 3. The van der Waals surface area contributed by atoms with Gasteiger partial charge in [0.2, 0.25) is 0 Å². The number of carbonyl (C=O) groups excluding carboxylic acids is 6. The summed E-state index contributed by atoms with van der Waals surface area (Å²) in [5.41, 5.74) is 0. The van der Waals surface area contributed by atoms with Crippen molar-refractivity contribution in [2.45, 2.75) is 20.8 Å². The van der Waals surface area contributed by atoms with Gasteiger partial charge in [-0.3, -0.25) is 0 Å². The Labute approximate surface area is 210 Å². The molecule has 0 saturated heterocycles. The predicted molar refractivity (Wildman–Crippen MR) is 92.3 cm³/mol. The van der Waals surface area contributed by atoms with Crippen LogP contribution in [0.4, 0.5) is 0 Å². The zero-order chi connectivity index (χ0) is 23.9. The molecule has 0 heterocycles. The van der Waals surface area contributed by atoms with Gasteiger partial charge in [0, 0.05) is 18.2 Å². The molecule has 31 heavy (non-hydrogen) atoms. The van der Waals surface area contributed by atoms with E-state index in [1.807, 2.05) is 0 Å². The Morgan fingerprint density at radius 3 is 0.839 bits per heavy atom. The molecule has 12 nitrogen and oxygen atoms in total. The van der Waals surface area contributed by atoms with Crippen molar-refractivity contribution in [3.63, 3.8) is 0 Å². The second kappa shape index (κ2) is 25.4. The van der Waals surface area contributed by atoms with Crippen LogP contribution in [0.5, 0.6) is 0 Å². The molecule has 0 aromatic rings.